The van der Waals surface area contributed by atoms with Crippen molar-refractivity contribution in [1.82, 2.24) is 14.9 Å². The van der Waals surface area contributed by atoms with Crippen molar-refractivity contribution in [3.8, 4) is 5.75 Å². The number of ether oxygens (including phenoxy) is 1. The fourth-order valence-corrected chi connectivity index (χ4v) is 5.36. The molecule has 1 atom stereocenters. The molecular formula is C20H21ClN4O4S2. The van der Waals surface area contributed by atoms with E-state index in [4.69, 9.17) is 16.3 Å². The lowest BCUT2D eigenvalue weighted by molar-refractivity contribution is 0.102. The van der Waals surface area contributed by atoms with Gasteiger partial charge < -0.3 is 4.74 Å². The summed E-state index contributed by atoms with van der Waals surface area (Å²) in [5.74, 6) is 0.225. The molecule has 0 spiro atoms. The van der Waals surface area contributed by atoms with Crippen molar-refractivity contribution in [2.45, 2.75) is 30.6 Å². The highest BCUT2D eigenvalue weighted by molar-refractivity contribution is 7.91. The van der Waals surface area contributed by atoms with E-state index in [-0.39, 0.29) is 20.1 Å². The minimum atomic E-state index is -3.95. The Kier molecular flexibility index (Phi) is 7.26. The van der Waals surface area contributed by atoms with Gasteiger partial charge in [-0.2, -0.15) is 0 Å². The maximum absolute atomic E-state index is 12.8. The van der Waals surface area contributed by atoms with Crippen LogP contribution in [-0.2, 0) is 10.0 Å². The number of nitrogens with one attached hydrogen (secondary N) is 2. The van der Waals surface area contributed by atoms with E-state index in [1.165, 1.54) is 0 Å². The van der Waals surface area contributed by atoms with Crippen LogP contribution in [0.5, 0.6) is 5.75 Å². The molecule has 1 heterocycles. The maximum Gasteiger partial charge on any atom is 0.270 e. The highest BCUT2D eigenvalue weighted by Crippen LogP contribution is 2.27. The van der Waals surface area contributed by atoms with Crippen molar-refractivity contribution in [1.29, 1.82) is 0 Å². The highest BCUT2D eigenvalue weighted by Gasteiger charge is 2.25. The predicted molar refractivity (Wildman–Crippen MR) is 120 cm³/mol. The first kappa shape index (κ1) is 23.1. The largest absolute Gasteiger partial charge is 0.496 e. The van der Waals surface area contributed by atoms with Crippen molar-refractivity contribution in [2.75, 3.05) is 12.4 Å². The third kappa shape index (κ3) is 5.40. The summed E-state index contributed by atoms with van der Waals surface area (Å²) in [5.41, 5.74) is 1.96. The normalized spacial score (nSPS) is 12.4. The third-order valence-electron chi connectivity index (χ3n) is 4.50. The van der Waals surface area contributed by atoms with Gasteiger partial charge >= 0.3 is 0 Å². The molecule has 11 heteroatoms. The zero-order valence-corrected chi connectivity index (χ0v) is 19.4. The molecule has 3 rings (SSSR count). The molecule has 3 aromatic rings. The van der Waals surface area contributed by atoms with Crippen LogP contribution in [0.2, 0.25) is 5.02 Å². The van der Waals surface area contributed by atoms with E-state index in [1.54, 1.807) is 37.4 Å². The van der Waals surface area contributed by atoms with Crippen LogP contribution >= 0.6 is 22.9 Å². The predicted octanol–water partition coefficient (Wildman–Crippen LogP) is 4.19. The number of carbonyl (C=O) groups excluding carboxylic acids is 1. The molecule has 2 aromatic carbocycles. The van der Waals surface area contributed by atoms with E-state index in [0.29, 0.717) is 6.42 Å². The Balaban J connectivity index is 1.76. The van der Waals surface area contributed by atoms with Crippen LogP contribution < -0.4 is 14.8 Å². The van der Waals surface area contributed by atoms with E-state index in [2.05, 4.69) is 20.2 Å². The molecule has 1 aromatic heterocycles. The lowest BCUT2D eigenvalue weighted by Crippen LogP contribution is -2.28. The molecule has 31 heavy (non-hydrogen) atoms. The molecule has 8 nitrogen and oxygen atoms in total. The van der Waals surface area contributed by atoms with Crippen molar-refractivity contribution < 1.29 is 17.9 Å². The van der Waals surface area contributed by atoms with Crippen LogP contribution in [0.25, 0.3) is 0 Å². The van der Waals surface area contributed by atoms with Gasteiger partial charge in [-0.05, 0) is 42.7 Å². The Hall–Kier alpha value is -2.53. The zero-order valence-electron chi connectivity index (χ0n) is 17.0. The summed E-state index contributed by atoms with van der Waals surface area (Å²) in [6, 6.07) is 11.6. The summed E-state index contributed by atoms with van der Waals surface area (Å²) in [5, 5.41) is 10.4. The first-order valence-electron chi connectivity index (χ1n) is 9.31. The van der Waals surface area contributed by atoms with E-state index in [0.717, 1.165) is 28.2 Å². The van der Waals surface area contributed by atoms with Crippen molar-refractivity contribution in [2.24, 2.45) is 0 Å². The van der Waals surface area contributed by atoms with Crippen LogP contribution in [0.3, 0.4) is 0 Å². The number of rotatable bonds is 8. The molecule has 164 valence electrons. The molecule has 0 bridgehead atoms. The number of anilines is 1. The second-order valence-electron chi connectivity index (χ2n) is 6.62. The summed E-state index contributed by atoms with van der Waals surface area (Å²) in [7, 11) is -2.37. The topological polar surface area (TPSA) is 110 Å². The van der Waals surface area contributed by atoms with Crippen molar-refractivity contribution >= 4 is 44.0 Å². The number of methoxy groups -OCH3 is 1. The van der Waals surface area contributed by atoms with Gasteiger partial charge in [0.15, 0.2) is 0 Å². The summed E-state index contributed by atoms with van der Waals surface area (Å²) in [6.45, 7) is 3.77. The van der Waals surface area contributed by atoms with Gasteiger partial charge in [0.05, 0.1) is 17.7 Å². The minimum absolute atomic E-state index is 0.0543. The molecule has 0 aliphatic rings. The van der Waals surface area contributed by atoms with Gasteiger partial charge in [0.25, 0.3) is 15.9 Å². The molecule has 1 amide bonds. The number of carbonyl (C=O) groups is 1. The lowest BCUT2D eigenvalue weighted by atomic mass is 10.0. The van der Waals surface area contributed by atoms with E-state index in [9.17, 15) is 13.2 Å². The molecule has 0 fully saturated rings. The van der Waals surface area contributed by atoms with Crippen LogP contribution in [-0.4, -0.2) is 31.6 Å². The monoisotopic (exact) mass is 480 g/mol. The number of sulfonamides is 1. The molecule has 2 N–H and O–H groups in total. The first-order chi connectivity index (χ1) is 14.7. The molecular weight excluding hydrogens is 460 g/mol. The number of halogens is 1. The Morgan fingerprint density at radius 2 is 1.97 bits per heavy atom. The van der Waals surface area contributed by atoms with Crippen LogP contribution in [0, 0.1) is 6.92 Å². The Morgan fingerprint density at radius 3 is 2.61 bits per heavy atom. The van der Waals surface area contributed by atoms with Crippen molar-refractivity contribution in [3.63, 3.8) is 0 Å². The van der Waals surface area contributed by atoms with E-state index >= 15 is 0 Å². The third-order valence-corrected chi connectivity index (χ3v) is 7.51. The number of aromatic nitrogens is 2. The quantitative estimate of drug-likeness (QED) is 0.468. The zero-order chi connectivity index (χ0) is 22.6. The van der Waals surface area contributed by atoms with Gasteiger partial charge in [-0.3, -0.25) is 10.1 Å². The van der Waals surface area contributed by atoms with Gasteiger partial charge in [-0.15, -0.1) is 10.2 Å². The van der Waals surface area contributed by atoms with E-state index in [1.807, 2.05) is 26.0 Å². The maximum atomic E-state index is 12.8. The summed E-state index contributed by atoms with van der Waals surface area (Å²) in [4.78, 5) is 12.4. The Morgan fingerprint density at radius 1 is 1.23 bits per heavy atom. The highest BCUT2D eigenvalue weighted by atomic mass is 35.5. The Bertz CT molecular complexity index is 1200. The number of hydrogen-bond donors (Lipinski definition) is 2. The molecule has 0 aliphatic heterocycles. The fraction of sp³-hybridized carbons (Fsp3) is 0.250. The fourth-order valence-electron chi connectivity index (χ4n) is 2.92. The van der Waals surface area contributed by atoms with Gasteiger partial charge in [0.2, 0.25) is 9.47 Å². The summed E-state index contributed by atoms with van der Waals surface area (Å²) >= 11 is 6.78. The molecule has 1 unspecified atom stereocenters. The lowest BCUT2D eigenvalue weighted by Gasteiger charge is -2.17. The summed E-state index contributed by atoms with van der Waals surface area (Å²) < 4.78 is 33.4. The van der Waals surface area contributed by atoms with Gasteiger partial charge in [-0.25, -0.2) is 13.1 Å². The smallest absolute Gasteiger partial charge is 0.270 e. The second kappa shape index (κ2) is 9.73. The van der Waals surface area contributed by atoms with Crippen LogP contribution in [0.4, 0.5) is 5.13 Å². The number of amides is 1. The number of hydrogen-bond acceptors (Lipinski definition) is 7. The van der Waals surface area contributed by atoms with Crippen LogP contribution in [0.1, 0.15) is 40.9 Å². The molecule has 0 saturated heterocycles. The van der Waals surface area contributed by atoms with Crippen molar-refractivity contribution in [3.05, 3.63) is 64.2 Å². The van der Waals surface area contributed by atoms with Crippen LogP contribution in [0.15, 0.2) is 46.8 Å². The number of nitrogens with zero attached hydrogens (tertiary/aromatic N) is 2. The Labute approximate surface area is 189 Å². The number of aryl methyl sites for hydroxylation is 1. The molecule has 0 saturated carbocycles. The van der Waals surface area contributed by atoms with Gasteiger partial charge in [0.1, 0.15) is 5.75 Å². The first-order valence-corrected chi connectivity index (χ1v) is 12.0. The van der Waals surface area contributed by atoms with E-state index < -0.39 is 22.0 Å². The average molecular weight is 481 g/mol. The number of benzene rings is 2. The van der Waals surface area contributed by atoms with Gasteiger partial charge in [-0.1, -0.05) is 54.1 Å². The minimum Gasteiger partial charge on any atom is -0.496 e. The second-order valence-corrected chi connectivity index (χ2v) is 9.89. The molecule has 0 radical (unpaired) electrons. The average Bonchev–Trinajstić information content (AvgIpc) is 3.21. The SMILES string of the molecule is CCC(NS(=O)(=O)c1nnc(NC(=O)c2ccccc2Cl)s1)c1ccc(OC)c(C)c1. The standard InChI is InChI=1S/C20H21ClN4O4S2/c1-4-16(13-9-10-17(29-3)12(2)11-13)25-31(27,28)20-24-23-19(30-20)22-18(26)14-7-5-6-8-15(14)21/h5-11,16,25H,4H2,1-3H3,(H,22,23,26). The molecule has 0 aliphatic carbocycles. The summed E-state index contributed by atoms with van der Waals surface area (Å²) in [6.07, 6.45) is 0.528. The van der Waals surface area contributed by atoms with Gasteiger partial charge in [0, 0.05) is 6.04 Å².